The highest BCUT2D eigenvalue weighted by Gasteiger charge is 2.17. The second-order valence-electron chi connectivity index (χ2n) is 3.37. The van der Waals surface area contributed by atoms with E-state index in [1.165, 1.54) is 0 Å². The molecule has 1 heterocycles. The van der Waals surface area contributed by atoms with Gasteiger partial charge in [0.2, 0.25) is 0 Å². The van der Waals surface area contributed by atoms with Gasteiger partial charge in [-0.25, -0.2) is 4.98 Å². The summed E-state index contributed by atoms with van der Waals surface area (Å²) in [7, 11) is 0. The molecule has 0 aliphatic rings. The van der Waals surface area contributed by atoms with Gasteiger partial charge in [0.25, 0.3) is 0 Å². The van der Waals surface area contributed by atoms with Crippen LogP contribution in [0.2, 0.25) is 0 Å². The number of nitrogens with zero attached hydrogens (tertiary/aromatic N) is 2. The van der Waals surface area contributed by atoms with Crippen molar-refractivity contribution in [2.45, 2.75) is 26.3 Å². The molecule has 0 fully saturated rings. The number of hydrogen-bond acceptors (Lipinski definition) is 1. The molecule has 11 heavy (non-hydrogen) atoms. The Kier molecular flexibility index (Phi) is 2.63. The molecule has 1 aromatic heterocycles. The number of imidazole rings is 1. The molecule has 2 nitrogen and oxygen atoms in total. The summed E-state index contributed by atoms with van der Waals surface area (Å²) in [6.07, 6.45) is 1.85. The Morgan fingerprint density at radius 1 is 1.55 bits per heavy atom. The Labute approximate surface area is 88.7 Å². The van der Waals surface area contributed by atoms with E-state index in [4.69, 9.17) is 0 Å². The maximum Gasteiger partial charge on any atom is 0.137 e. The number of halogens is 2. The van der Waals surface area contributed by atoms with Crippen molar-refractivity contribution in [2.24, 2.45) is 0 Å². The van der Waals surface area contributed by atoms with Crippen molar-refractivity contribution in [3.63, 3.8) is 0 Å². The molecule has 0 aliphatic heterocycles. The lowest BCUT2D eigenvalue weighted by Crippen LogP contribution is -2.22. The average molecular weight is 329 g/mol. The monoisotopic (exact) mass is 328 g/mol. The van der Waals surface area contributed by atoms with Gasteiger partial charge in [-0.15, -0.1) is 0 Å². The average Bonchev–Trinajstić information content (AvgIpc) is 2.11. The highest BCUT2D eigenvalue weighted by Crippen LogP contribution is 2.23. The van der Waals surface area contributed by atoms with E-state index in [-0.39, 0.29) is 5.54 Å². The minimum absolute atomic E-state index is 0.121. The second-order valence-corrected chi connectivity index (χ2v) is 5.14. The Morgan fingerprint density at radius 2 is 2.09 bits per heavy atom. The highest BCUT2D eigenvalue weighted by molar-refractivity contribution is 14.1. The van der Waals surface area contributed by atoms with Gasteiger partial charge < -0.3 is 4.57 Å². The van der Waals surface area contributed by atoms with Gasteiger partial charge in [0.15, 0.2) is 0 Å². The fourth-order valence-corrected chi connectivity index (χ4v) is 2.05. The quantitative estimate of drug-likeness (QED) is 0.669. The van der Waals surface area contributed by atoms with Crippen LogP contribution in [0.3, 0.4) is 0 Å². The summed E-state index contributed by atoms with van der Waals surface area (Å²) >= 11 is 5.65. The number of aromatic nitrogens is 2. The number of rotatable bonds is 0. The fraction of sp³-hybridized carbons (Fsp3) is 0.571. The van der Waals surface area contributed by atoms with Gasteiger partial charge in [0.05, 0.1) is 6.33 Å². The van der Waals surface area contributed by atoms with Gasteiger partial charge >= 0.3 is 0 Å². The van der Waals surface area contributed by atoms with E-state index in [0.29, 0.717) is 0 Å². The third kappa shape index (κ3) is 1.96. The highest BCUT2D eigenvalue weighted by atomic mass is 127. The summed E-state index contributed by atoms with van der Waals surface area (Å²) in [6, 6.07) is 0. The summed E-state index contributed by atoms with van der Waals surface area (Å²) in [6.45, 7) is 6.47. The molecule has 0 atom stereocenters. The SMILES string of the molecule is CC(C)(C)n1cnc(Br)c1I. The van der Waals surface area contributed by atoms with Crippen LogP contribution in [-0.4, -0.2) is 9.55 Å². The molecule has 1 rings (SSSR count). The van der Waals surface area contributed by atoms with E-state index in [2.05, 4.69) is 68.8 Å². The smallest absolute Gasteiger partial charge is 0.137 e. The molecular weight excluding hydrogens is 319 g/mol. The maximum atomic E-state index is 4.15. The molecule has 0 saturated carbocycles. The van der Waals surface area contributed by atoms with E-state index in [1.54, 1.807) is 0 Å². The third-order valence-electron chi connectivity index (χ3n) is 1.39. The lowest BCUT2D eigenvalue weighted by molar-refractivity contribution is 0.388. The topological polar surface area (TPSA) is 17.8 Å². The molecule has 1 aromatic rings. The Bertz CT molecular complexity index is 262. The van der Waals surface area contributed by atoms with E-state index in [0.717, 1.165) is 8.30 Å². The van der Waals surface area contributed by atoms with E-state index in [9.17, 15) is 0 Å². The lowest BCUT2D eigenvalue weighted by atomic mass is 10.1. The van der Waals surface area contributed by atoms with E-state index in [1.807, 2.05) is 6.33 Å². The van der Waals surface area contributed by atoms with Crippen molar-refractivity contribution in [3.8, 4) is 0 Å². The molecule has 0 N–H and O–H groups in total. The van der Waals surface area contributed by atoms with Crippen molar-refractivity contribution in [3.05, 3.63) is 14.6 Å². The second kappa shape index (κ2) is 3.05. The van der Waals surface area contributed by atoms with Crippen LogP contribution in [0.1, 0.15) is 20.8 Å². The minimum Gasteiger partial charge on any atom is -0.320 e. The number of hydrogen-bond donors (Lipinski definition) is 0. The molecule has 0 radical (unpaired) electrons. The molecule has 0 bridgehead atoms. The predicted molar refractivity (Wildman–Crippen MR) is 57.6 cm³/mol. The zero-order chi connectivity index (χ0) is 8.65. The first-order chi connectivity index (χ1) is 4.93. The van der Waals surface area contributed by atoms with Gasteiger partial charge in [-0.3, -0.25) is 0 Å². The summed E-state index contributed by atoms with van der Waals surface area (Å²) < 4.78 is 4.21. The van der Waals surface area contributed by atoms with Crippen molar-refractivity contribution < 1.29 is 0 Å². The van der Waals surface area contributed by atoms with Gasteiger partial charge in [-0.2, -0.15) is 0 Å². The molecular formula is C7H10BrIN2. The van der Waals surface area contributed by atoms with Crippen LogP contribution in [0.5, 0.6) is 0 Å². The Morgan fingerprint density at radius 3 is 2.27 bits per heavy atom. The van der Waals surface area contributed by atoms with Crippen LogP contribution in [0.25, 0.3) is 0 Å². The molecule has 0 spiro atoms. The van der Waals surface area contributed by atoms with Gasteiger partial charge in [-0.05, 0) is 59.3 Å². The minimum atomic E-state index is 0.121. The van der Waals surface area contributed by atoms with Crippen LogP contribution in [0, 0.1) is 3.70 Å². The largest absolute Gasteiger partial charge is 0.320 e. The molecule has 0 unspecified atom stereocenters. The summed E-state index contributed by atoms with van der Waals surface area (Å²) in [5, 5.41) is 0. The molecule has 4 heteroatoms. The molecule has 0 amide bonds. The fourth-order valence-electron chi connectivity index (χ4n) is 0.779. The zero-order valence-corrected chi connectivity index (χ0v) is 10.5. The normalized spacial score (nSPS) is 12.1. The van der Waals surface area contributed by atoms with Crippen LogP contribution < -0.4 is 0 Å². The first-order valence-electron chi connectivity index (χ1n) is 3.32. The zero-order valence-electron chi connectivity index (χ0n) is 6.73. The lowest BCUT2D eigenvalue weighted by Gasteiger charge is -2.21. The molecule has 62 valence electrons. The van der Waals surface area contributed by atoms with Crippen molar-refractivity contribution in [1.82, 2.24) is 9.55 Å². The van der Waals surface area contributed by atoms with Crippen molar-refractivity contribution in [2.75, 3.05) is 0 Å². The van der Waals surface area contributed by atoms with Crippen molar-refractivity contribution >= 4 is 38.5 Å². The van der Waals surface area contributed by atoms with Crippen LogP contribution in [-0.2, 0) is 5.54 Å². The maximum absolute atomic E-state index is 4.15. The third-order valence-corrected chi connectivity index (χ3v) is 3.74. The predicted octanol–water partition coefficient (Wildman–Crippen LogP) is 3.01. The van der Waals surface area contributed by atoms with Crippen LogP contribution in [0.15, 0.2) is 10.9 Å². The summed E-state index contributed by atoms with van der Waals surface area (Å²) in [5.74, 6) is 0. The molecule has 0 aliphatic carbocycles. The van der Waals surface area contributed by atoms with Gasteiger partial charge in [-0.1, -0.05) is 0 Å². The van der Waals surface area contributed by atoms with Gasteiger partial charge in [0.1, 0.15) is 8.30 Å². The molecule has 0 aromatic carbocycles. The first-order valence-corrected chi connectivity index (χ1v) is 5.19. The van der Waals surface area contributed by atoms with Crippen molar-refractivity contribution in [1.29, 1.82) is 0 Å². The summed E-state index contributed by atoms with van der Waals surface area (Å²) in [4.78, 5) is 4.15. The Balaban J connectivity index is 3.15. The van der Waals surface area contributed by atoms with Crippen LogP contribution >= 0.6 is 38.5 Å². The van der Waals surface area contributed by atoms with E-state index < -0.39 is 0 Å². The molecule has 0 saturated heterocycles. The first kappa shape index (κ1) is 9.51. The van der Waals surface area contributed by atoms with E-state index >= 15 is 0 Å². The Hall–Kier alpha value is 0.420. The standard InChI is InChI=1S/C7H10BrIN2/c1-7(2,3)11-4-10-5(8)6(11)9/h4H,1-3H3. The summed E-state index contributed by atoms with van der Waals surface area (Å²) in [5.41, 5.74) is 0.121. The van der Waals surface area contributed by atoms with Crippen LogP contribution in [0.4, 0.5) is 0 Å². The van der Waals surface area contributed by atoms with Gasteiger partial charge in [0, 0.05) is 5.54 Å².